The number of hydrogen-bond donors (Lipinski definition) is 1. The molecule has 1 aromatic heterocycles. The van der Waals surface area contributed by atoms with E-state index in [1.54, 1.807) is 4.90 Å². The molecule has 7 heteroatoms. The normalized spacial score (nSPS) is 20.7. The zero-order valence-corrected chi connectivity index (χ0v) is 12.7. The summed E-state index contributed by atoms with van der Waals surface area (Å²) in [7, 11) is 1.94. The smallest absolute Gasteiger partial charge is 0.228 e. The van der Waals surface area contributed by atoms with E-state index in [1.165, 1.54) is 11.3 Å². The Bertz CT molecular complexity index is 502. The first-order valence-corrected chi connectivity index (χ1v) is 7.50. The Hall–Kier alpha value is -1.47. The molecule has 1 fully saturated rings. The highest BCUT2D eigenvalue weighted by atomic mass is 32.1. The Balaban J connectivity index is 2.02. The second-order valence-electron chi connectivity index (χ2n) is 5.24. The van der Waals surface area contributed by atoms with Gasteiger partial charge in [0, 0.05) is 31.6 Å². The molecule has 1 saturated heterocycles. The highest BCUT2D eigenvalue weighted by Crippen LogP contribution is 2.13. The largest absolute Gasteiger partial charge is 0.369 e. The summed E-state index contributed by atoms with van der Waals surface area (Å²) in [4.78, 5) is 31.8. The van der Waals surface area contributed by atoms with Crippen molar-refractivity contribution in [1.82, 2.24) is 14.8 Å². The van der Waals surface area contributed by atoms with Crippen LogP contribution in [0.15, 0.2) is 5.38 Å². The van der Waals surface area contributed by atoms with Crippen molar-refractivity contribution in [2.24, 2.45) is 11.7 Å². The topological polar surface area (TPSA) is 79.5 Å². The van der Waals surface area contributed by atoms with Crippen LogP contribution in [0.5, 0.6) is 0 Å². The molecule has 1 aliphatic rings. The minimum absolute atomic E-state index is 0.0110. The van der Waals surface area contributed by atoms with Gasteiger partial charge in [-0.15, -0.1) is 11.3 Å². The molecule has 2 rings (SSSR count). The van der Waals surface area contributed by atoms with Crippen LogP contribution >= 0.6 is 11.3 Å². The number of hydrogen-bond acceptors (Lipinski definition) is 5. The highest BCUT2D eigenvalue weighted by molar-refractivity contribution is 7.09. The van der Waals surface area contributed by atoms with Crippen LogP contribution in [0, 0.1) is 12.8 Å². The first-order chi connectivity index (χ1) is 9.45. The quantitative estimate of drug-likeness (QED) is 0.842. The maximum absolute atomic E-state index is 12.3. The molecule has 0 aromatic carbocycles. The molecule has 0 aliphatic carbocycles. The number of nitrogens with zero attached hydrogens (tertiary/aromatic N) is 3. The average Bonchev–Trinajstić information content (AvgIpc) is 2.67. The molecular weight excluding hydrogens is 276 g/mol. The van der Waals surface area contributed by atoms with Crippen molar-refractivity contribution in [3.8, 4) is 0 Å². The van der Waals surface area contributed by atoms with E-state index in [2.05, 4.69) is 4.98 Å². The van der Waals surface area contributed by atoms with Crippen LogP contribution in [0.4, 0.5) is 0 Å². The van der Waals surface area contributed by atoms with Crippen LogP contribution in [0.2, 0.25) is 0 Å². The molecule has 2 heterocycles. The van der Waals surface area contributed by atoms with Crippen LogP contribution in [-0.4, -0.2) is 59.8 Å². The monoisotopic (exact) mass is 296 g/mol. The maximum Gasteiger partial charge on any atom is 0.228 e. The van der Waals surface area contributed by atoms with Crippen molar-refractivity contribution in [3.63, 3.8) is 0 Å². The minimum Gasteiger partial charge on any atom is -0.369 e. The van der Waals surface area contributed by atoms with Gasteiger partial charge >= 0.3 is 0 Å². The lowest BCUT2D eigenvalue weighted by Gasteiger charge is -2.22. The van der Waals surface area contributed by atoms with Crippen molar-refractivity contribution in [2.45, 2.75) is 13.3 Å². The van der Waals surface area contributed by atoms with Gasteiger partial charge in [0.15, 0.2) is 0 Å². The van der Waals surface area contributed by atoms with Crippen molar-refractivity contribution in [3.05, 3.63) is 16.1 Å². The standard InChI is InChI=1S/C13H20N4O2S/c1-9-15-11(8-20-9)5-12(18)17-4-3-16(2)6-10(7-17)13(14)19/h8,10H,3-7H2,1-2H3,(H2,14,19)/t10-/m0/s1. The summed E-state index contributed by atoms with van der Waals surface area (Å²) in [6, 6.07) is 0. The third-order valence-corrected chi connectivity index (χ3v) is 4.30. The molecule has 1 aliphatic heterocycles. The van der Waals surface area contributed by atoms with Gasteiger partial charge in [-0.2, -0.15) is 0 Å². The maximum atomic E-state index is 12.3. The fourth-order valence-electron chi connectivity index (χ4n) is 2.34. The number of likely N-dealkylation sites (N-methyl/N-ethyl adjacent to an activating group) is 1. The molecule has 20 heavy (non-hydrogen) atoms. The molecule has 0 saturated carbocycles. The van der Waals surface area contributed by atoms with E-state index in [0.29, 0.717) is 26.1 Å². The van der Waals surface area contributed by atoms with E-state index >= 15 is 0 Å². The van der Waals surface area contributed by atoms with Gasteiger partial charge in [-0.1, -0.05) is 0 Å². The number of aryl methyl sites for hydroxylation is 1. The predicted molar refractivity (Wildman–Crippen MR) is 77.3 cm³/mol. The number of rotatable bonds is 3. The lowest BCUT2D eigenvalue weighted by atomic mass is 10.1. The molecule has 2 N–H and O–H groups in total. The lowest BCUT2D eigenvalue weighted by molar-refractivity contribution is -0.131. The van der Waals surface area contributed by atoms with E-state index in [1.807, 2.05) is 24.3 Å². The number of carbonyl (C=O) groups is 2. The second kappa shape index (κ2) is 6.32. The molecule has 110 valence electrons. The predicted octanol–water partition coefficient (Wildman–Crippen LogP) is -0.130. The van der Waals surface area contributed by atoms with Gasteiger partial charge < -0.3 is 15.5 Å². The Morgan fingerprint density at radius 2 is 2.20 bits per heavy atom. The van der Waals surface area contributed by atoms with Gasteiger partial charge in [-0.3, -0.25) is 9.59 Å². The van der Waals surface area contributed by atoms with E-state index < -0.39 is 0 Å². The Morgan fingerprint density at radius 3 is 2.80 bits per heavy atom. The number of amides is 2. The molecular formula is C13H20N4O2S. The fourth-order valence-corrected chi connectivity index (χ4v) is 2.95. The van der Waals surface area contributed by atoms with Crippen LogP contribution in [0.3, 0.4) is 0 Å². The van der Waals surface area contributed by atoms with Gasteiger partial charge in [0.2, 0.25) is 11.8 Å². The zero-order valence-electron chi connectivity index (χ0n) is 11.8. The van der Waals surface area contributed by atoms with Gasteiger partial charge in [0.25, 0.3) is 0 Å². The molecule has 1 aromatic rings. The highest BCUT2D eigenvalue weighted by Gasteiger charge is 2.27. The van der Waals surface area contributed by atoms with Gasteiger partial charge in [0.05, 0.1) is 23.0 Å². The number of nitrogens with two attached hydrogens (primary N) is 1. The summed E-state index contributed by atoms with van der Waals surface area (Å²) in [5.74, 6) is -0.637. The summed E-state index contributed by atoms with van der Waals surface area (Å²) in [5.41, 5.74) is 6.20. The summed E-state index contributed by atoms with van der Waals surface area (Å²) in [5, 5.41) is 2.86. The first-order valence-electron chi connectivity index (χ1n) is 6.62. The summed E-state index contributed by atoms with van der Waals surface area (Å²) >= 11 is 1.54. The first kappa shape index (κ1) is 14.9. The minimum atomic E-state index is -0.346. The van der Waals surface area contributed by atoms with Crippen LogP contribution in [-0.2, 0) is 16.0 Å². The SMILES string of the molecule is Cc1nc(CC(=O)N2CCN(C)C[C@H](C(N)=O)C2)cs1. The van der Waals surface area contributed by atoms with E-state index in [0.717, 1.165) is 17.2 Å². The van der Waals surface area contributed by atoms with Crippen LogP contribution < -0.4 is 5.73 Å². The van der Waals surface area contributed by atoms with Gasteiger partial charge in [-0.05, 0) is 14.0 Å². The zero-order chi connectivity index (χ0) is 14.7. The van der Waals surface area contributed by atoms with Crippen molar-refractivity contribution in [2.75, 3.05) is 33.2 Å². The molecule has 0 spiro atoms. The van der Waals surface area contributed by atoms with Gasteiger partial charge in [0.1, 0.15) is 0 Å². The molecule has 0 bridgehead atoms. The van der Waals surface area contributed by atoms with Crippen LogP contribution in [0.25, 0.3) is 0 Å². The van der Waals surface area contributed by atoms with E-state index in [-0.39, 0.29) is 17.7 Å². The number of primary amides is 1. The van der Waals surface area contributed by atoms with Crippen molar-refractivity contribution < 1.29 is 9.59 Å². The number of carbonyl (C=O) groups excluding carboxylic acids is 2. The second-order valence-corrected chi connectivity index (χ2v) is 6.30. The number of thiazole rings is 1. The number of aromatic nitrogens is 1. The fraction of sp³-hybridized carbons (Fsp3) is 0.615. The molecule has 1 atom stereocenters. The lowest BCUT2D eigenvalue weighted by Crippen LogP contribution is -2.40. The molecule has 6 nitrogen and oxygen atoms in total. The molecule has 2 amide bonds. The summed E-state index contributed by atoms with van der Waals surface area (Å²) in [6.45, 7) is 4.31. The van der Waals surface area contributed by atoms with E-state index in [4.69, 9.17) is 5.73 Å². The molecule has 0 unspecified atom stereocenters. The Labute approximate surface area is 122 Å². The third-order valence-electron chi connectivity index (χ3n) is 3.48. The van der Waals surface area contributed by atoms with Crippen LogP contribution in [0.1, 0.15) is 10.7 Å². The average molecular weight is 296 g/mol. The molecule has 0 radical (unpaired) electrons. The van der Waals surface area contributed by atoms with Crippen molar-refractivity contribution in [1.29, 1.82) is 0 Å². The summed E-state index contributed by atoms with van der Waals surface area (Å²) in [6.07, 6.45) is 0.291. The van der Waals surface area contributed by atoms with Gasteiger partial charge in [-0.25, -0.2) is 4.98 Å². The van der Waals surface area contributed by atoms with Crippen molar-refractivity contribution >= 4 is 23.2 Å². The Morgan fingerprint density at radius 1 is 1.45 bits per heavy atom. The van der Waals surface area contributed by atoms with E-state index in [9.17, 15) is 9.59 Å². The third kappa shape index (κ3) is 3.77. The Kier molecular flexibility index (Phi) is 4.72. The summed E-state index contributed by atoms with van der Waals surface area (Å²) < 4.78 is 0.